The SMILES string of the molecule is CCNC(c1ccncc1)c1ccc(OC)c(F)c1. The summed E-state index contributed by atoms with van der Waals surface area (Å²) in [5.41, 5.74) is 1.92. The Morgan fingerprint density at radius 3 is 2.53 bits per heavy atom. The first-order valence-electron chi connectivity index (χ1n) is 6.23. The van der Waals surface area contributed by atoms with Crippen molar-refractivity contribution in [2.45, 2.75) is 13.0 Å². The maximum Gasteiger partial charge on any atom is 0.165 e. The molecular formula is C15H17FN2O. The van der Waals surface area contributed by atoms with E-state index in [0.717, 1.165) is 17.7 Å². The molecule has 1 aromatic heterocycles. The van der Waals surface area contributed by atoms with Crippen LogP contribution in [0.4, 0.5) is 4.39 Å². The maximum absolute atomic E-state index is 13.8. The minimum Gasteiger partial charge on any atom is -0.494 e. The molecule has 2 aromatic rings. The quantitative estimate of drug-likeness (QED) is 0.897. The van der Waals surface area contributed by atoms with Gasteiger partial charge >= 0.3 is 0 Å². The first-order valence-corrected chi connectivity index (χ1v) is 6.23. The Morgan fingerprint density at radius 1 is 1.21 bits per heavy atom. The van der Waals surface area contributed by atoms with Gasteiger partial charge in [-0.15, -0.1) is 0 Å². The number of benzene rings is 1. The van der Waals surface area contributed by atoms with Crippen LogP contribution in [0.25, 0.3) is 0 Å². The van der Waals surface area contributed by atoms with E-state index in [1.165, 1.54) is 13.2 Å². The predicted molar refractivity (Wildman–Crippen MR) is 72.7 cm³/mol. The molecule has 0 spiro atoms. The third-order valence-corrected chi connectivity index (χ3v) is 2.96. The molecule has 1 N–H and O–H groups in total. The van der Waals surface area contributed by atoms with Crippen LogP contribution >= 0.6 is 0 Å². The van der Waals surface area contributed by atoms with E-state index in [1.807, 2.05) is 25.1 Å². The minimum absolute atomic E-state index is 0.0478. The topological polar surface area (TPSA) is 34.2 Å². The fourth-order valence-corrected chi connectivity index (χ4v) is 2.05. The van der Waals surface area contributed by atoms with Crippen molar-refractivity contribution in [1.29, 1.82) is 0 Å². The molecule has 2 rings (SSSR count). The zero-order chi connectivity index (χ0) is 13.7. The molecule has 0 aliphatic carbocycles. The molecule has 3 nitrogen and oxygen atoms in total. The van der Waals surface area contributed by atoms with E-state index in [0.29, 0.717) is 0 Å². The second-order valence-corrected chi connectivity index (χ2v) is 4.17. The van der Waals surface area contributed by atoms with Gasteiger partial charge in [0.05, 0.1) is 13.2 Å². The van der Waals surface area contributed by atoms with E-state index >= 15 is 0 Å². The summed E-state index contributed by atoms with van der Waals surface area (Å²) >= 11 is 0. The van der Waals surface area contributed by atoms with Gasteiger partial charge in [-0.3, -0.25) is 4.98 Å². The number of nitrogens with zero attached hydrogens (tertiary/aromatic N) is 1. The highest BCUT2D eigenvalue weighted by Gasteiger charge is 2.14. The normalized spacial score (nSPS) is 12.2. The monoisotopic (exact) mass is 260 g/mol. The molecule has 1 aromatic carbocycles. The lowest BCUT2D eigenvalue weighted by Crippen LogP contribution is -2.22. The van der Waals surface area contributed by atoms with Crippen molar-refractivity contribution in [3.63, 3.8) is 0 Å². The van der Waals surface area contributed by atoms with E-state index in [2.05, 4.69) is 10.3 Å². The lowest BCUT2D eigenvalue weighted by Gasteiger charge is -2.19. The number of nitrogens with one attached hydrogen (secondary N) is 1. The van der Waals surface area contributed by atoms with E-state index in [9.17, 15) is 4.39 Å². The number of hydrogen-bond acceptors (Lipinski definition) is 3. The van der Waals surface area contributed by atoms with Gasteiger partial charge in [0.2, 0.25) is 0 Å². The number of aromatic nitrogens is 1. The molecule has 0 fully saturated rings. The largest absolute Gasteiger partial charge is 0.494 e. The predicted octanol–water partition coefficient (Wildman–Crippen LogP) is 2.93. The van der Waals surface area contributed by atoms with Crippen LogP contribution < -0.4 is 10.1 Å². The summed E-state index contributed by atoms with van der Waals surface area (Å²) in [5.74, 6) is -0.0920. The van der Waals surface area contributed by atoms with Crippen LogP contribution in [0.15, 0.2) is 42.7 Å². The number of halogens is 1. The standard InChI is InChI=1S/C15H17FN2O/c1-3-18-15(11-6-8-17-9-7-11)12-4-5-14(19-2)13(16)10-12/h4-10,15,18H,3H2,1-2H3. The van der Waals surface area contributed by atoms with Crippen LogP contribution in [0.3, 0.4) is 0 Å². The van der Waals surface area contributed by atoms with Gasteiger partial charge in [0.15, 0.2) is 11.6 Å². The molecule has 0 aliphatic heterocycles. The summed E-state index contributed by atoms with van der Waals surface area (Å²) in [6.45, 7) is 2.81. The Labute approximate surface area is 112 Å². The molecule has 0 bridgehead atoms. The lowest BCUT2D eigenvalue weighted by atomic mass is 9.99. The maximum atomic E-state index is 13.8. The molecule has 0 amide bonds. The van der Waals surface area contributed by atoms with Crippen molar-refractivity contribution >= 4 is 0 Å². The van der Waals surface area contributed by atoms with E-state index < -0.39 is 0 Å². The van der Waals surface area contributed by atoms with Gasteiger partial charge in [-0.1, -0.05) is 13.0 Å². The summed E-state index contributed by atoms with van der Waals surface area (Å²) in [7, 11) is 1.46. The van der Waals surface area contributed by atoms with Crippen molar-refractivity contribution in [1.82, 2.24) is 10.3 Å². The highest BCUT2D eigenvalue weighted by molar-refractivity contribution is 5.36. The Bertz CT molecular complexity index is 531. The fourth-order valence-electron chi connectivity index (χ4n) is 2.05. The van der Waals surface area contributed by atoms with Gasteiger partial charge in [-0.05, 0) is 41.9 Å². The molecule has 1 heterocycles. The van der Waals surface area contributed by atoms with Gasteiger partial charge in [-0.2, -0.15) is 0 Å². The summed E-state index contributed by atoms with van der Waals surface area (Å²) < 4.78 is 18.7. The number of methoxy groups -OCH3 is 1. The van der Waals surface area contributed by atoms with Gasteiger partial charge in [0.25, 0.3) is 0 Å². The summed E-state index contributed by atoms with van der Waals surface area (Å²) in [5, 5.41) is 3.34. The van der Waals surface area contributed by atoms with Crippen LogP contribution in [0.5, 0.6) is 5.75 Å². The average Bonchev–Trinajstić information content (AvgIpc) is 2.45. The summed E-state index contributed by atoms with van der Waals surface area (Å²) in [6.07, 6.45) is 3.47. The Hall–Kier alpha value is -1.94. The third-order valence-electron chi connectivity index (χ3n) is 2.96. The summed E-state index contributed by atoms with van der Waals surface area (Å²) in [6, 6.07) is 8.83. The minimum atomic E-state index is -0.350. The number of pyridine rings is 1. The van der Waals surface area contributed by atoms with Crippen molar-refractivity contribution < 1.29 is 9.13 Å². The molecule has 1 atom stereocenters. The lowest BCUT2D eigenvalue weighted by molar-refractivity contribution is 0.385. The van der Waals surface area contributed by atoms with Gasteiger partial charge in [0, 0.05) is 12.4 Å². The molecule has 0 saturated carbocycles. The van der Waals surface area contributed by atoms with Gasteiger partial charge < -0.3 is 10.1 Å². The van der Waals surface area contributed by atoms with E-state index in [-0.39, 0.29) is 17.6 Å². The van der Waals surface area contributed by atoms with Crippen molar-refractivity contribution in [3.05, 3.63) is 59.7 Å². The third kappa shape index (κ3) is 3.09. The zero-order valence-corrected chi connectivity index (χ0v) is 11.1. The number of rotatable bonds is 5. The van der Waals surface area contributed by atoms with Crippen LogP contribution in [0, 0.1) is 5.82 Å². The van der Waals surface area contributed by atoms with E-state index in [1.54, 1.807) is 18.5 Å². The van der Waals surface area contributed by atoms with Gasteiger partial charge in [0.1, 0.15) is 0 Å². The molecule has 0 saturated heterocycles. The van der Waals surface area contributed by atoms with Crippen molar-refractivity contribution in [3.8, 4) is 5.75 Å². The van der Waals surface area contributed by atoms with Crippen molar-refractivity contribution in [2.24, 2.45) is 0 Å². The molecule has 4 heteroatoms. The number of hydrogen-bond donors (Lipinski definition) is 1. The highest BCUT2D eigenvalue weighted by Crippen LogP contribution is 2.26. The first kappa shape index (κ1) is 13.5. The Balaban J connectivity index is 2.37. The second-order valence-electron chi connectivity index (χ2n) is 4.17. The molecule has 19 heavy (non-hydrogen) atoms. The van der Waals surface area contributed by atoms with Crippen LogP contribution in [-0.2, 0) is 0 Å². The average molecular weight is 260 g/mol. The van der Waals surface area contributed by atoms with Crippen LogP contribution in [0.1, 0.15) is 24.1 Å². The second kappa shape index (κ2) is 6.29. The van der Waals surface area contributed by atoms with Crippen LogP contribution in [-0.4, -0.2) is 18.6 Å². The molecule has 1 unspecified atom stereocenters. The molecular weight excluding hydrogens is 243 g/mol. The summed E-state index contributed by atoms with van der Waals surface area (Å²) in [4.78, 5) is 4.00. The zero-order valence-electron chi connectivity index (χ0n) is 11.1. The van der Waals surface area contributed by atoms with Gasteiger partial charge in [-0.25, -0.2) is 4.39 Å². The van der Waals surface area contributed by atoms with Crippen molar-refractivity contribution in [2.75, 3.05) is 13.7 Å². The molecule has 0 aliphatic rings. The Morgan fingerprint density at radius 2 is 1.95 bits per heavy atom. The highest BCUT2D eigenvalue weighted by atomic mass is 19.1. The molecule has 100 valence electrons. The number of ether oxygens (including phenoxy) is 1. The van der Waals surface area contributed by atoms with E-state index in [4.69, 9.17) is 4.74 Å². The molecule has 0 radical (unpaired) electrons. The Kier molecular flexibility index (Phi) is 4.47. The fraction of sp³-hybridized carbons (Fsp3) is 0.267. The van der Waals surface area contributed by atoms with Crippen LogP contribution in [0.2, 0.25) is 0 Å². The smallest absolute Gasteiger partial charge is 0.165 e. The first-order chi connectivity index (χ1) is 9.26.